The minimum absolute atomic E-state index is 0.0666. The zero-order chi connectivity index (χ0) is 17.0. The van der Waals surface area contributed by atoms with Gasteiger partial charge in [-0.3, -0.25) is 4.79 Å². The van der Waals surface area contributed by atoms with Gasteiger partial charge >= 0.3 is 0 Å². The molecular weight excluding hydrogens is 307 g/mol. The van der Waals surface area contributed by atoms with E-state index in [4.69, 9.17) is 0 Å². The van der Waals surface area contributed by atoms with Crippen LogP contribution in [0.3, 0.4) is 0 Å². The molecule has 1 fully saturated rings. The molecule has 1 atom stereocenters. The van der Waals surface area contributed by atoms with Crippen molar-refractivity contribution in [1.82, 2.24) is 15.1 Å². The molecule has 0 radical (unpaired) electrons. The Morgan fingerprint density at radius 1 is 1.30 bits per heavy atom. The van der Waals surface area contributed by atoms with E-state index in [-0.39, 0.29) is 24.4 Å². The van der Waals surface area contributed by atoms with E-state index in [9.17, 15) is 18.0 Å². The van der Waals surface area contributed by atoms with Crippen LogP contribution in [0.15, 0.2) is 12.1 Å². The standard InChI is InChI=1S/C16H22F3N3O/c1-21-5-3-12(10-21)22(2)6-4-16(23)20-9-11-7-14(18)15(19)8-13(11)17/h7-8,12H,3-6,9-10H2,1-2H3,(H,20,23)/t12-/m0/s1. The number of halogens is 3. The summed E-state index contributed by atoms with van der Waals surface area (Å²) >= 11 is 0. The molecular formula is C16H22F3N3O. The molecule has 1 aliphatic heterocycles. The molecule has 7 heteroatoms. The van der Waals surface area contributed by atoms with Crippen molar-refractivity contribution in [2.75, 3.05) is 33.7 Å². The van der Waals surface area contributed by atoms with E-state index >= 15 is 0 Å². The Hall–Kier alpha value is -1.60. The molecule has 2 rings (SSSR count). The largest absolute Gasteiger partial charge is 0.352 e. The summed E-state index contributed by atoms with van der Waals surface area (Å²) in [5, 5.41) is 2.54. The Bertz CT molecular complexity index is 568. The summed E-state index contributed by atoms with van der Waals surface area (Å²) in [5.74, 6) is -3.47. The summed E-state index contributed by atoms with van der Waals surface area (Å²) in [5.41, 5.74) is -0.0666. The van der Waals surface area contributed by atoms with Crippen LogP contribution in [0.2, 0.25) is 0 Å². The molecule has 1 amide bonds. The second-order valence-electron chi connectivity index (χ2n) is 6.07. The maximum absolute atomic E-state index is 13.5. The molecule has 0 aromatic heterocycles. The van der Waals surface area contributed by atoms with Crippen LogP contribution in [0.1, 0.15) is 18.4 Å². The molecule has 0 bridgehead atoms. The first kappa shape index (κ1) is 17.7. The lowest BCUT2D eigenvalue weighted by molar-refractivity contribution is -0.121. The van der Waals surface area contributed by atoms with Gasteiger partial charge in [-0.15, -0.1) is 0 Å². The van der Waals surface area contributed by atoms with Gasteiger partial charge in [-0.2, -0.15) is 0 Å². The number of benzene rings is 1. The van der Waals surface area contributed by atoms with Crippen molar-refractivity contribution in [3.05, 3.63) is 35.1 Å². The third kappa shape index (κ3) is 4.94. The maximum atomic E-state index is 13.5. The van der Waals surface area contributed by atoms with Crippen LogP contribution in [0.5, 0.6) is 0 Å². The van der Waals surface area contributed by atoms with Gasteiger partial charge in [0.2, 0.25) is 5.91 Å². The molecule has 1 aliphatic rings. The molecule has 23 heavy (non-hydrogen) atoms. The lowest BCUT2D eigenvalue weighted by Gasteiger charge is -2.23. The minimum atomic E-state index is -1.24. The SMILES string of the molecule is CN1CC[C@H](N(C)CCC(=O)NCc2cc(F)c(F)cc2F)C1. The van der Waals surface area contributed by atoms with Crippen molar-refractivity contribution in [3.63, 3.8) is 0 Å². The third-order valence-electron chi connectivity index (χ3n) is 4.25. The average Bonchev–Trinajstić information content (AvgIpc) is 2.93. The molecule has 0 spiro atoms. The number of carbonyl (C=O) groups excluding carboxylic acids is 1. The fraction of sp³-hybridized carbons (Fsp3) is 0.562. The Labute approximate surface area is 134 Å². The highest BCUT2D eigenvalue weighted by molar-refractivity contribution is 5.76. The fourth-order valence-electron chi connectivity index (χ4n) is 2.71. The van der Waals surface area contributed by atoms with Crippen LogP contribution in [-0.4, -0.2) is 55.5 Å². The highest BCUT2D eigenvalue weighted by atomic mass is 19.2. The van der Waals surface area contributed by atoms with E-state index in [0.29, 0.717) is 18.7 Å². The smallest absolute Gasteiger partial charge is 0.221 e. The van der Waals surface area contributed by atoms with Crippen molar-refractivity contribution in [1.29, 1.82) is 0 Å². The quantitative estimate of drug-likeness (QED) is 0.808. The van der Waals surface area contributed by atoms with E-state index in [1.165, 1.54) is 0 Å². The second kappa shape index (κ2) is 7.79. The Morgan fingerprint density at radius 3 is 2.65 bits per heavy atom. The number of nitrogens with one attached hydrogen (secondary N) is 1. The van der Waals surface area contributed by atoms with Gasteiger partial charge in [0.1, 0.15) is 5.82 Å². The number of amides is 1. The van der Waals surface area contributed by atoms with E-state index in [1.54, 1.807) is 0 Å². The molecule has 0 saturated carbocycles. The minimum Gasteiger partial charge on any atom is -0.352 e. The second-order valence-corrected chi connectivity index (χ2v) is 6.07. The van der Waals surface area contributed by atoms with Crippen LogP contribution in [0, 0.1) is 17.5 Å². The fourth-order valence-corrected chi connectivity index (χ4v) is 2.71. The first-order valence-electron chi connectivity index (χ1n) is 7.65. The first-order chi connectivity index (χ1) is 10.9. The van der Waals surface area contributed by atoms with E-state index in [1.807, 2.05) is 7.05 Å². The van der Waals surface area contributed by atoms with Crippen LogP contribution in [0.25, 0.3) is 0 Å². The van der Waals surface area contributed by atoms with Crippen molar-refractivity contribution in [3.8, 4) is 0 Å². The molecule has 4 nitrogen and oxygen atoms in total. The lowest BCUT2D eigenvalue weighted by atomic mass is 10.2. The monoisotopic (exact) mass is 329 g/mol. The Morgan fingerprint density at radius 2 is 2.00 bits per heavy atom. The van der Waals surface area contributed by atoms with Gasteiger partial charge in [0.25, 0.3) is 0 Å². The summed E-state index contributed by atoms with van der Waals surface area (Å²) in [6, 6.07) is 1.70. The van der Waals surface area contributed by atoms with Crippen LogP contribution >= 0.6 is 0 Å². The van der Waals surface area contributed by atoms with Crippen LogP contribution in [0.4, 0.5) is 13.2 Å². The van der Waals surface area contributed by atoms with Crippen LogP contribution in [-0.2, 0) is 11.3 Å². The van der Waals surface area contributed by atoms with Crippen molar-refractivity contribution < 1.29 is 18.0 Å². The topological polar surface area (TPSA) is 35.6 Å². The number of carbonyl (C=O) groups is 1. The van der Waals surface area contributed by atoms with E-state index in [2.05, 4.69) is 22.2 Å². The summed E-state index contributed by atoms with van der Waals surface area (Å²) in [4.78, 5) is 16.2. The zero-order valence-electron chi connectivity index (χ0n) is 13.4. The summed E-state index contributed by atoms with van der Waals surface area (Å²) in [6.45, 7) is 2.48. The number of nitrogens with zero attached hydrogens (tertiary/aromatic N) is 2. The van der Waals surface area contributed by atoms with Gasteiger partial charge in [0.05, 0.1) is 0 Å². The summed E-state index contributed by atoms with van der Waals surface area (Å²) < 4.78 is 39.4. The van der Waals surface area contributed by atoms with Gasteiger partial charge in [-0.05, 0) is 33.1 Å². The molecule has 1 aromatic rings. The summed E-state index contributed by atoms with van der Waals surface area (Å²) in [6.07, 6.45) is 1.36. The molecule has 128 valence electrons. The molecule has 1 heterocycles. The van der Waals surface area contributed by atoms with Crippen molar-refractivity contribution >= 4 is 5.91 Å². The number of likely N-dealkylation sites (tertiary alicyclic amines) is 1. The predicted molar refractivity (Wildman–Crippen MR) is 81.3 cm³/mol. The van der Waals surface area contributed by atoms with Crippen molar-refractivity contribution in [2.45, 2.75) is 25.4 Å². The van der Waals surface area contributed by atoms with Crippen molar-refractivity contribution in [2.24, 2.45) is 0 Å². The summed E-state index contributed by atoms with van der Waals surface area (Å²) in [7, 11) is 4.04. The Balaban J connectivity index is 1.76. The van der Waals surface area contributed by atoms with Gasteiger partial charge in [-0.25, -0.2) is 13.2 Å². The maximum Gasteiger partial charge on any atom is 0.221 e. The predicted octanol–water partition coefficient (Wildman–Crippen LogP) is 1.75. The van der Waals surface area contributed by atoms with E-state index < -0.39 is 17.5 Å². The van der Waals surface area contributed by atoms with Gasteiger partial charge in [0.15, 0.2) is 11.6 Å². The van der Waals surface area contributed by atoms with Gasteiger partial charge in [-0.1, -0.05) is 0 Å². The van der Waals surface area contributed by atoms with Crippen LogP contribution < -0.4 is 5.32 Å². The first-order valence-corrected chi connectivity index (χ1v) is 7.65. The molecule has 1 aromatic carbocycles. The Kier molecular flexibility index (Phi) is 6.01. The zero-order valence-corrected chi connectivity index (χ0v) is 13.4. The molecule has 0 aliphatic carbocycles. The number of rotatable bonds is 6. The highest BCUT2D eigenvalue weighted by Crippen LogP contribution is 2.14. The normalized spacial score (nSPS) is 18.6. The number of hydrogen-bond acceptors (Lipinski definition) is 3. The molecule has 0 unspecified atom stereocenters. The lowest BCUT2D eigenvalue weighted by Crippen LogP contribution is -2.36. The molecule has 1 N–H and O–H groups in total. The number of hydrogen-bond donors (Lipinski definition) is 1. The molecule has 1 saturated heterocycles. The van der Waals surface area contributed by atoms with Gasteiger partial charge < -0.3 is 15.1 Å². The van der Waals surface area contributed by atoms with E-state index in [0.717, 1.165) is 25.6 Å². The van der Waals surface area contributed by atoms with Gasteiger partial charge in [0, 0.05) is 43.7 Å². The third-order valence-corrected chi connectivity index (χ3v) is 4.25. The average molecular weight is 329 g/mol. The highest BCUT2D eigenvalue weighted by Gasteiger charge is 2.23. The number of likely N-dealkylation sites (N-methyl/N-ethyl adjacent to an activating group) is 2.